The third-order valence-corrected chi connectivity index (χ3v) is 3.34. The minimum absolute atomic E-state index is 0.0807. The van der Waals surface area contributed by atoms with Gasteiger partial charge in [0.05, 0.1) is 6.10 Å². The van der Waals surface area contributed by atoms with Gasteiger partial charge in [-0.2, -0.15) is 8.78 Å². The number of amides is 1. The smallest absolute Gasteiger partial charge is 0.387 e. The van der Waals surface area contributed by atoms with Crippen LogP contribution in [0.5, 0.6) is 11.5 Å². The molecule has 134 valence electrons. The molecule has 2 aromatic carbocycles. The average Bonchev–Trinajstić information content (AvgIpc) is 2.56. The van der Waals surface area contributed by atoms with E-state index in [1.165, 1.54) is 12.1 Å². The van der Waals surface area contributed by atoms with E-state index in [1.807, 2.05) is 13.8 Å². The molecule has 0 aliphatic carbocycles. The first-order valence-electron chi connectivity index (χ1n) is 8.02. The molecule has 0 aromatic heterocycles. The SMILES string of the molecule is CC(C)Oc1ccc(C(=O)NCCc2ccc(OC(F)F)cc2)cc1. The second kappa shape index (κ2) is 9.01. The maximum absolute atomic E-state index is 12.1. The van der Waals surface area contributed by atoms with Crippen molar-refractivity contribution in [2.45, 2.75) is 33.0 Å². The van der Waals surface area contributed by atoms with Crippen LogP contribution < -0.4 is 14.8 Å². The molecule has 0 radical (unpaired) electrons. The van der Waals surface area contributed by atoms with Gasteiger partial charge < -0.3 is 14.8 Å². The number of hydrogen-bond donors (Lipinski definition) is 1. The number of rotatable bonds is 8. The Kier molecular flexibility index (Phi) is 6.74. The molecule has 2 rings (SSSR count). The molecule has 4 nitrogen and oxygen atoms in total. The molecule has 0 aliphatic rings. The monoisotopic (exact) mass is 349 g/mol. The van der Waals surface area contributed by atoms with Gasteiger partial charge in [0.15, 0.2) is 0 Å². The summed E-state index contributed by atoms with van der Waals surface area (Å²) in [5.41, 5.74) is 1.47. The fourth-order valence-electron chi connectivity index (χ4n) is 2.22. The summed E-state index contributed by atoms with van der Waals surface area (Å²) >= 11 is 0. The Morgan fingerprint density at radius 1 is 0.960 bits per heavy atom. The van der Waals surface area contributed by atoms with Gasteiger partial charge in [0.25, 0.3) is 5.91 Å². The van der Waals surface area contributed by atoms with E-state index in [1.54, 1.807) is 36.4 Å². The molecule has 0 fully saturated rings. The topological polar surface area (TPSA) is 47.6 Å². The Hall–Kier alpha value is -2.63. The van der Waals surface area contributed by atoms with E-state index < -0.39 is 6.61 Å². The maximum Gasteiger partial charge on any atom is 0.387 e. The number of carbonyl (C=O) groups is 1. The Morgan fingerprint density at radius 3 is 2.08 bits per heavy atom. The Labute approximate surface area is 145 Å². The van der Waals surface area contributed by atoms with E-state index in [-0.39, 0.29) is 17.8 Å². The molecule has 0 heterocycles. The lowest BCUT2D eigenvalue weighted by atomic mass is 10.1. The minimum Gasteiger partial charge on any atom is -0.491 e. The second-order valence-electron chi connectivity index (χ2n) is 5.72. The number of hydrogen-bond acceptors (Lipinski definition) is 3. The summed E-state index contributed by atoms with van der Waals surface area (Å²) in [5.74, 6) is 0.665. The number of alkyl halides is 2. The molecule has 0 atom stereocenters. The van der Waals surface area contributed by atoms with Crippen molar-refractivity contribution in [1.29, 1.82) is 0 Å². The average molecular weight is 349 g/mol. The van der Waals surface area contributed by atoms with Crippen molar-refractivity contribution >= 4 is 5.91 Å². The van der Waals surface area contributed by atoms with Gasteiger partial charge in [-0.15, -0.1) is 0 Å². The van der Waals surface area contributed by atoms with Crippen LogP contribution in [0.4, 0.5) is 8.78 Å². The minimum atomic E-state index is -2.83. The molecule has 0 saturated carbocycles. The number of carbonyl (C=O) groups excluding carboxylic acids is 1. The molecule has 0 unspecified atom stereocenters. The summed E-state index contributed by atoms with van der Waals surface area (Å²) in [6.45, 7) is 1.49. The highest BCUT2D eigenvalue weighted by Crippen LogP contribution is 2.15. The van der Waals surface area contributed by atoms with Gasteiger partial charge in [0.2, 0.25) is 0 Å². The van der Waals surface area contributed by atoms with Crippen LogP contribution in [0.2, 0.25) is 0 Å². The van der Waals surface area contributed by atoms with Gasteiger partial charge in [-0.05, 0) is 62.2 Å². The maximum atomic E-state index is 12.1. The lowest BCUT2D eigenvalue weighted by Crippen LogP contribution is -2.25. The van der Waals surface area contributed by atoms with Crippen LogP contribution in [0.1, 0.15) is 29.8 Å². The molecular weight excluding hydrogens is 328 g/mol. The first-order chi connectivity index (χ1) is 11.9. The van der Waals surface area contributed by atoms with Gasteiger partial charge in [-0.3, -0.25) is 4.79 Å². The van der Waals surface area contributed by atoms with Gasteiger partial charge in [0.1, 0.15) is 11.5 Å². The van der Waals surface area contributed by atoms with E-state index in [0.717, 1.165) is 11.3 Å². The van der Waals surface area contributed by atoms with Crippen LogP contribution >= 0.6 is 0 Å². The zero-order chi connectivity index (χ0) is 18.2. The van der Waals surface area contributed by atoms with Gasteiger partial charge in [-0.25, -0.2) is 0 Å². The summed E-state index contributed by atoms with van der Waals surface area (Å²) in [6, 6.07) is 13.3. The van der Waals surface area contributed by atoms with Crippen molar-refractivity contribution in [2.24, 2.45) is 0 Å². The zero-order valence-electron chi connectivity index (χ0n) is 14.2. The lowest BCUT2D eigenvalue weighted by Gasteiger charge is -2.10. The van der Waals surface area contributed by atoms with E-state index in [9.17, 15) is 13.6 Å². The highest BCUT2D eigenvalue weighted by atomic mass is 19.3. The quantitative estimate of drug-likeness (QED) is 0.782. The zero-order valence-corrected chi connectivity index (χ0v) is 14.2. The second-order valence-corrected chi connectivity index (χ2v) is 5.72. The van der Waals surface area contributed by atoms with Crippen molar-refractivity contribution in [3.8, 4) is 11.5 Å². The highest BCUT2D eigenvalue weighted by molar-refractivity contribution is 5.94. The summed E-state index contributed by atoms with van der Waals surface area (Å²) in [4.78, 5) is 12.1. The van der Waals surface area contributed by atoms with Crippen LogP contribution in [0, 0.1) is 0 Å². The summed E-state index contributed by atoms with van der Waals surface area (Å²) < 4.78 is 34.0. The Morgan fingerprint density at radius 2 is 1.52 bits per heavy atom. The molecule has 0 saturated heterocycles. The molecule has 0 aliphatic heterocycles. The fourth-order valence-corrected chi connectivity index (χ4v) is 2.22. The van der Waals surface area contributed by atoms with E-state index in [4.69, 9.17) is 4.74 Å². The first kappa shape index (κ1) is 18.7. The van der Waals surface area contributed by atoms with Crippen molar-refractivity contribution in [3.63, 3.8) is 0 Å². The van der Waals surface area contributed by atoms with Crippen molar-refractivity contribution < 1.29 is 23.0 Å². The number of nitrogens with one attached hydrogen (secondary N) is 1. The number of ether oxygens (including phenoxy) is 2. The van der Waals surface area contributed by atoms with E-state index in [2.05, 4.69) is 10.1 Å². The number of halogens is 2. The third-order valence-electron chi connectivity index (χ3n) is 3.34. The normalized spacial score (nSPS) is 10.8. The predicted molar refractivity (Wildman–Crippen MR) is 91.3 cm³/mol. The molecule has 2 aromatic rings. The molecule has 0 spiro atoms. The Balaban J connectivity index is 1.80. The van der Waals surface area contributed by atoms with Crippen LogP contribution in [0.15, 0.2) is 48.5 Å². The molecule has 1 amide bonds. The van der Waals surface area contributed by atoms with Gasteiger partial charge >= 0.3 is 6.61 Å². The Bertz CT molecular complexity index is 670. The molecular formula is C19H21F2NO3. The van der Waals surface area contributed by atoms with Gasteiger partial charge in [-0.1, -0.05) is 12.1 Å². The fraction of sp³-hybridized carbons (Fsp3) is 0.316. The van der Waals surface area contributed by atoms with Crippen LogP contribution in [0.25, 0.3) is 0 Å². The largest absolute Gasteiger partial charge is 0.491 e. The van der Waals surface area contributed by atoms with Crippen LogP contribution in [-0.4, -0.2) is 25.2 Å². The van der Waals surface area contributed by atoms with E-state index in [0.29, 0.717) is 18.5 Å². The first-order valence-corrected chi connectivity index (χ1v) is 8.02. The predicted octanol–water partition coefficient (Wildman–Crippen LogP) is 4.05. The standard InChI is InChI=1S/C19H21F2NO3/c1-13(2)24-16-9-5-15(6-10-16)18(23)22-12-11-14-3-7-17(8-4-14)25-19(20)21/h3-10,13,19H,11-12H2,1-2H3,(H,22,23). The highest BCUT2D eigenvalue weighted by Gasteiger charge is 2.07. The summed E-state index contributed by atoms with van der Waals surface area (Å²) in [5, 5.41) is 2.82. The van der Waals surface area contributed by atoms with Crippen molar-refractivity contribution in [1.82, 2.24) is 5.32 Å². The van der Waals surface area contributed by atoms with Gasteiger partial charge in [0, 0.05) is 12.1 Å². The number of benzene rings is 2. The van der Waals surface area contributed by atoms with Crippen LogP contribution in [-0.2, 0) is 6.42 Å². The molecule has 25 heavy (non-hydrogen) atoms. The van der Waals surface area contributed by atoms with Crippen molar-refractivity contribution in [3.05, 3.63) is 59.7 Å². The summed E-state index contributed by atoms with van der Waals surface area (Å²) in [6.07, 6.45) is 0.673. The molecule has 6 heteroatoms. The molecule has 1 N–H and O–H groups in total. The van der Waals surface area contributed by atoms with E-state index >= 15 is 0 Å². The third kappa shape index (κ3) is 6.41. The summed E-state index contributed by atoms with van der Waals surface area (Å²) in [7, 11) is 0. The van der Waals surface area contributed by atoms with Crippen molar-refractivity contribution in [2.75, 3.05) is 6.54 Å². The molecule has 0 bridgehead atoms. The van der Waals surface area contributed by atoms with Crippen LogP contribution in [0.3, 0.4) is 0 Å². The lowest BCUT2D eigenvalue weighted by molar-refractivity contribution is -0.0498.